The van der Waals surface area contributed by atoms with Crippen molar-refractivity contribution in [2.75, 3.05) is 11.9 Å². The molecule has 0 radical (unpaired) electrons. The van der Waals surface area contributed by atoms with Gasteiger partial charge in [0.05, 0.1) is 4.92 Å². The standard InChI is InChI=1S/C12H17N3O2/c1-9-4-2-5-10(15(16)17)11(9)14-8-12(13)6-3-7-12/h2,4-5,14H,3,6-8,13H2,1H3. The van der Waals surface area contributed by atoms with Crippen molar-refractivity contribution < 1.29 is 4.92 Å². The van der Waals surface area contributed by atoms with E-state index in [1.807, 2.05) is 13.0 Å². The van der Waals surface area contributed by atoms with Crippen LogP contribution in [0.2, 0.25) is 0 Å². The maximum atomic E-state index is 10.9. The molecule has 0 saturated heterocycles. The molecule has 3 N–H and O–H groups in total. The summed E-state index contributed by atoms with van der Waals surface area (Å²) in [5.74, 6) is 0. The minimum atomic E-state index is -0.362. The predicted octanol–water partition coefficient (Wildman–Crippen LogP) is 2.20. The minimum absolute atomic E-state index is 0.118. The fourth-order valence-electron chi connectivity index (χ4n) is 2.11. The molecule has 1 fully saturated rings. The van der Waals surface area contributed by atoms with E-state index in [0.717, 1.165) is 24.8 Å². The summed E-state index contributed by atoms with van der Waals surface area (Å²) in [4.78, 5) is 10.6. The third-order valence-electron chi connectivity index (χ3n) is 3.41. The van der Waals surface area contributed by atoms with E-state index in [9.17, 15) is 10.1 Å². The Morgan fingerprint density at radius 2 is 2.24 bits per heavy atom. The molecular weight excluding hydrogens is 218 g/mol. The van der Waals surface area contributed by atoms with Crippen LogP contribution in [-0.4, -0.2) is 17.0 Å². The number of nitrogens with zero attached hydrogens (tertiary/aromatic N) is 1. The molecule has 5 heteroatoms. The van der Waals surface area contributed by atoms with Gasteiger partial charge in [0.2, 0.25) is 0 Å². The number of nitro benzene ring substituents is 1. The highest BCUT2D eigenvalue weighted by atomic mass is 16.6. The van der Waals surface area contributed by atoms with Gasteiger partial charge in [-0.05, 0) is 31.7 Å². The van der Waals surface area contributed by atoms with Crippen molar-refractivity contribution in [3.8, 4) is 0 Å². The van der Waals surface area contributed by atoms with Gasteiger partial charge in [0.1, 0.15) is 5.69 Å². The number of anilines is 1. The van der Waals surface area contributed by atoms with E-state index in [0.29, 0.717) is 12.2 Å². The SMILES string of the molecule is Cc1cccc([N+](=O)[O-])c1NCC1(N)CCC1. The number of nitrogens with two attached hydrogens (primary N) is 1. The van der Waals surface area contributed by atoms with Crippen molar-refractivity contribution in [1.82, 2.24) is 0 Å². The van der Waals surface area contributed by atoms with Gasteiger partial charge in [-0.2, -0.15) is 0 Å². The number of para-hydroxylation sites is 1. The van der Waals surface area contributed by atoms with Crippen molar-refractivity contribution in [2.24, 2.45) is 5.73 Å². The third kappa shape index (κ3) is 2.39. The zero-order valence-electron chi connectivity index (χ0n) is 9.90. The molecule has 0 bridgehead atoms. The minimum Gasteiger partial charge on any atom is -0.377 e. The Balaban J connectivity index is 2.16. The average Bonchev–Trinajstić information content (AvgIpc) is 2.24. The molecule has 1 aromatic rings. The Labute approximate surface area is 100 Å². The predicted molar refractivity (Wildman–Crippen MR) is 67.1 cm³/mol. The fraction of sp³-hybridized carbons (Fsp3) is 0.500. The molecule has 1 aliphatic carbocycles. The van der Waals surface area contributed by atoms with Crippen LogP contribution in [0.5, 0.6) is 0 Å². The number of aryl methyl sites for hydroxylation is 1. The lowest BCUT2D eigenvalue weighted by Crippen LogP contribution is -2.52. The Bertz CT molecular complexity index is 441. The summed E-state index contributed by atoms with van der Waals surface area (Å²) in [6.45, 7) is 2.46. The normalized spacial score (nSPS) is 17.3. The molecule has 17 heavy (non-hydrogen) atoms. The van der Waals surface area contributed by atoms with E-state index in [1.165, 1.54) is 6.07 Å². The van der Waals surface area contributed by atoms with Crippen molar-refractivity contribution in [3.05, 3.63) is 33.9 Å². The largest absolute Gasteiger partial charge is 0.377 e. The first-order valence-electron chi connectivity index (χ1n) is 5.79. The Hall–Kier alpha value is -1.62. The van der Waals surface area contributed by atoms with Crippen LogP contribution in [0.4, 0.5) is 11.4 Å². The molecule has 2 rings (SSSR count). The van der Waals surface area contributed by atoms with Crippen molar-refractivity contribution in [3.63, 3.8) is 0 Å². The van der Waals surface area contributed by atoms with E-state index >= 15 is 0 Å². The van der Waals surface area contributed by atoms with E-state index in [2.05, 4.69) is 5.32 Å². The van der Waals surface area contributed by atoms with Gasteiger partial charge < -0.3 is 11.1 Å². The highest BCUT2D eigenvalue weighted by molar-refractivity contribution is 5.66. The number of benzene rings is 1. The molecule has 1 saturated carbocycles. The second-order valence-corrected chi connectivity index (χ2v) is 4.80. The second kappa shape index (κ2) is 4.33. The van der Waals surface area contributed by atoms with Crippen LogP contribution in [0.15, 0.2) is 18.2 Å². The van der Waals surface area contributed by atoms with E-state index in [-0.39, 0.29) is 16.1 Å². The lowest BCUT2D eigenvalue weighted by Gasteiger charge is -2.38. The highest BCUT2D eigenvalue weighted by Crippen LogP contribution is 2.32. The summed E-state index contributed by atoms with van der Waals surface area (Å²) in [7, 11) is 0. The maximum absolute atomic E-state index is 10.9. The Morgan fingerprint density at radius 1 is 1.53 bits per heavy atom. The first kappa shape index (κ1) is 11.9. The summed E-state index contributed by atoms with van der Waals surface area (Å²) in [5, 5.41) is 14.1. The number of hydrogen-bond donors (Lipinski definition) is 2. The fourth-order valence-corrected chi connectivity index (χ4v) is 2.11. The molecule has 0 aromatic heterocycles. The molecule has 0 unspecified atom stereocenters. The molecule has 0 amide bonds. The smallest absolute Gasteiger partial charge is 0.292 e. The first-order valence-corrected chi connectivity index (χ1v) is 5.79. The average molecular weight is 235 g/mol. The van der Waals surface area contributed by atoms with E-state index < -0.39 is 0 Å². The highest BCUT2D eigenvalue weighted by Gasteiger charge is 2.32. The number of nitro groups is 1. The van der Waals surface area contributed by atoms with Crippen LogP contribution >= 0.6 is 0 Å². The van der Waals surface area contributed by atoms with Crippen molar-refractivity contribution in [1.29, 1.82) is 0 Å². The molecule has 1 aromatic carbocycles. The van der Waals surface area contributed by atoms with Gasteiger partial charge in [-0.3, -0.25) is 10.1 Å². The van der Waals surface area contributed by atoms with Crippen LogP contribution in [0.3, 0.4) is 0 Å². The van der Waals surface area contributed by atoms with Crippen LogP contribution in [0.25, 0.3) is 0 Å². The molecule has 0 spiro atoms. The van der Waals surface area contributed by atoms with Gasteiger partial charge in [-0.1, -0.05) is 12.1 Å². The molecular formula is C12H17N3O2. The number of nitrogens with one attached hydrogen (secondary N) is 1. The molecule has 5 nitrogen and oxygen atoms in total. The van der Waals surface area contributed by atoms with Gasteiger partial charge in [-0.25, -0.2) is 0 Å². The topological polar surface area (TPSA) is 81.2 Å². The molecule has 92 valence electrons. The summed E-state index contributed by atoms with van der Waals surface area (Å²) in [6, 6.07) is 5.07. The number of hydrogen-bond acceptors (Lipinski definition) is 4. The molecule has 0 atom stereocenters. The van der Waals surface area contributed by atoms with Crippen LogP contribution in [0.1, 0.15) is 24.8 Å². The molecule has 0 heterocycles. The number of rotatable bonds is 4. The van der Waals surface area contributed by atoms with Gasteiger partial charge in [0.25, 0.3) is 5.69 Å². The molecule has 0 aliphatic heterocycles. The third-order valence-corrected chi connectivity index (χ3v) is 3.41. The summed E-state index contributed by atoms with van der Waals surface area (Å²) >= 11 is 0. The van der Waals surface area contributed by atoms with E-state index in [4.69, 9.17) is 5.73 Å². The lowest BCUT2D eigenvalue weighted by molar-refractivity contribution is -0.384. The lowest BCUT2D eigenvalue weighted by atomic mass is 9.77. The first-order chi connectivity index (χ1) is 8.02. The van der Waals surface area contributed by atoms with Crippen molar-refractivity contribution >= 4 is 11.4 Å². The van der Waals surface area contributed by atoms with Crippen LogP contribution in [-0.2, 0) is 0 Å². The maximum Gasteiger partial charge on any atom is 0.292 e. The van der Waals surface area contributed by atoms with Gasteiger partial charge in [0, 0.05) is 18.2 Å². The van der Waals surface area contributed by atoms with Gasteiger partial charge in [-0.15, -0.1) is 0 Å². The van der Waals surface area contributed by atoms with Gasteiger partial charge >= 0.3 is 0 Å². The molecule has 1 aliphatic rings. The summed E-state index contributed by atoms with van der Waals surface area (Å²) in [5.41, 5.74) is 7.50. The second-order valence-electron chi connectivity index (χ2n) is 4.80. The van der Waals surface area contributed by atoms with Gasteiger partial charge in [0.15, 0.2) is 0 Å². The quantitative estimate of drug-likeness (QED) is 0.619. The summed E-state index contributed by atoms with van der Waals surface area (Å²) < 4.78 is 0. The van der Waals surface area contributed by atoms with E-state index in [1.54, 1.807) is 6.07 Å². The van der Waals surface area contributed by atoms with Crippen LogP contribution in [0, 0.1) is 17.0 Å². The zero-order valence-corrected chi connectivity index (χ0v) is 9.90. The van der Waals surface area contributed by atoms with Crippen molar-refractivity contribution in [2.45, 2.75) is 31.7 Å². The Kier molecular flexibility index (Phi) is 3.02. The van der Waals surface area contributed by atoms with Crippen LogP contribution < -0.4 is 11.1 Å². The zero-order chi connectivity index (χ0) is 12.5. The Morgan fingerprint density at radius 3 is 2.76 bits per heavy atom. The summed E-state index contributed by atoms with van der Waals surface area (Å²) in [6.07, 6.45) is 3.12. The monoisotopic (exact) mass is 235 g/mol.